The van der Waals surface area contributed by atoms with E-state index in [1.54, 1.807) is 24.3 Å². The average Bonchev–Trinajstić information content (AvgIpc) is 2.68. The fourth-order valence-corrected chi connectivity index (χ4v) is 5.17. The topological polar surface area (TPSA) is 61.8 Å². The lowest BCUT2D eigenvalue weighted by Gasteiger charge is -2.46. The monoisotopic (exact) mass is 397 g/mol. The van der Waals surface area contributed by atoms with Crippen molar-refractivity contribution in [3.8, 4) is 0 Å². The predicted octanol–water partition coefficient (Wildman–Crippen LogP) is 3.85. The molecule has 6 heteroatoms. The second-order valence-electron chi connectivity index (χ2n) is 7.89. The number of hydrogen-bond donors (Lipinski definition) is 1. The highest BCUT2D eigenvalue weighted by atomic mass is 32.2. The Balaban J connectivity index is 1.45. The molecule has 5 nitrogen and oxygen atoms in total. The van der Waals surface area contributed by atoms with Gasteiger partial charge in [-0.15, -0.1) is 0 Å². The third-order valence-electron chi connectivity index (χ3n) is 5.82. The molecule has 1 N–H and O–H groups in total. The number of sulfonamides is 1. The van der Waals surface area contributed by atoms with Crippen LogP contribution in [-0.2, 0) is 16.6 Å². The first-order valence-corrected chi connectivity index (χ1v) is 11.4. The maximum Gasteiger partial charge on any atom is 0.276 e. The maximum atomic E-state index is 12.5. The fraction of sp³-hybridized carbons (Fsp3) is 0.409. The minimum atomic E-state index is -3.61. The number of fused-ring (bicyclic) bond motifs is 2. The van der Waals surface area contributed by atoms with Gasteiger partial charge < -0.3 is 0 Å². The Morgan fingerprint density at radius 2 is 1.64 bits per heavy atom. The largest absolute Gasteiger partial charge is 0.292 e. The van der Waals surface area contributed by atoms with Crippen LogP contribution in [0.3, 0.4) is 0 Å². The Kier molecular flexibility index (Phi) is 5.51. The van der Waals surface area contributed by atoms with E-state index in [-0.39, 0.29) is 4.90 Å². The highest BCUT2D eigenvalue weighted by molar-refractivity contribution is 7.89. The summed E-state index contributed by atoms with van der Waals surface area (Å²) in [6, 6.07) is 18.3. The molecular weight excluding hydrogens is 370 g/mol. The fourth-order valence-electron chi connectivity index (χ4n) is 4.32. The minimum absolute atomic E-state index is 0.254. The third kappa shape index (κ3) is 4.28. The smallest absolute Gasteiger partial charge is 0.276 e. The lowest BCUT2D eigenvalue weighted by atomic mass is 9.83. The number of aryl methyl sites for hydroxylation is 1. The van der Waals surface area contributed by atoms with Crippen LogP contribution in [0.5, 0.6) is 0 Å². The standard InChI is InChI=1S/C22H27N3O2S/c1-17-10-12-22(13-11-17)28(26,27)24-23-19-14-20-8-5-9-21(15-19)25(20)16-18-6-3-2-4-7-18/h2-4,6-7,10-13,20-21,24H,5,8-9,14-16H2,1H3. The predicted molar refractivity (Wildman–Crippen MR) is 112 cm³/mol. The molecule has 4 rings (SSSR count). The molecule has 2 heterocycles. The molecule has 2 atom stereocenters. The van der Waals surface area contributed by atoms with Gasteiger partial charge in [-0.1, -0.05) is 54.4 Å². The SMILES string of the molecule is Cc1ccc(S(=O)(=O)NN=C2CC3CCCC(C2)N3Cc2ccccc2)cc1. The molecule has 2 fully saturated rings. The molecule has 0 aromatic heterocycles. The molecule has 0 amide bonds. The second kappa shape index (κ2) is 8.05. The van der Waals surface area contributed by atoms with Gasteiger partial charge in [0.15, 0.2) is 0 Å². The zero-order chi connectivity index (χ0) is 19.6. The molecule has 28 heavy (non-hydrogen) atoms. The number of nitrogens with one attached hydrogen (secondary N) is 1. The van der Waals surface area contributed by atoms with Crippen molar-refractivity contribution in [2.24, 2.45) is 5.10 Å². The van der Waals surface area contributed by atoms with Gasteiger partial charge in [-0.3, -0.25) is 4.90 Å². The van der Waals surface area contributed by atoms with Crippen molar-refractivity contribution in [1.29, 1.82) is 0 Å². The van der Waals surface area contributed by atoms with Crippen LogP contribution in [0.1, 0.15) is 43.2 Å². The molecule has 0 aliphatic carbocycles. The first kappa shape index (κ1) is 19.2. The van der Waals surface area contributed by atoms with E-state index in [9.17, 15) is 8.42 Å². The van der Waals surface area contributed by atoms with Crippen molar-refractivity contribution in [3.63, 3.8) is 0 Å². The summed E-state index contributed by atoms with van der Waals surface area (Å²) in [5.41, 5.74) is 3.33. The Bertz CT molecular complexity index is 924. The van der Waals surface area contributed by atoms with Crippen LogP contribution in [0, 0.1) is 6.92 Å². The number of piperidine rings is 2. The number of hydrogen-bond acceptors (Lipinski definition) is 4. The molecule has 2 aromatic carbocycles. The van der Waals surface area contributed by atoms with E-state index in [4.69, 9.17) is 0 Å². The summed E-state index contributed by atoms with van der Waals surface area (Å²) in [7, 11) is -3.61. The Morgan fingerprint density at radius 1 is 1.00 bits per heavy atom. The summed E-state index contributed by atoms with van der Waals surface area (Å²) >= 11 is 0. The molecule has 2 unspecified atom stereocenters. The third-order valence-corrected chi connectivity index (χ3v) is 7.04. The van der Waals surface area contributed by atoms with Crippen molar-refractivity contribution in [1.82, 2.24) is 9.73 Å². The summed E-state index contributed by atoms with van der Waals surface area (Å²) in [6.45, 7) is 2.89. The van der Waals surface area contributed by atoms with Gasteiger partial charge >= 0.3 is 0 Å². The van der Waals surface area contributed by atoms with Gasteiger partial charge in [-0.25, -0.2) is 4.83 Å². The number of hydrazone groups is 1. The van der Waals surface area contributed by atoms with Crippen LogP contribution >= 0.6 is 0 Å². The van der Waals surface area contributed by atoms with Crippen LogP contribution in [-0.4, -0.2) is 31.1 Å². The molecule has 0 saturated carbocycles. The van der Waals surface area contributed by atoms with Crippen LogP contribution < -0.4 is 4.83 Å². The molecule has 2 bridgehead atoms. The molecular formula is C22H27N3O2S. The van der Waals surface area contributed by atoms with E-state index in [1.807, 2.05) is 13.0 Å². The number of rotatable bonds is 5. The average molecular weight is 398 g/mol. The number of benzene rings is 2. The van der Waals surface area contributed by atoms with Crippen LogP contribution in [0.4, 0.5) is 0 Å². The zero-order valence-electron chi connectivity index (χ0n) is 16.2. The quantitative estimate of drug-likeness (QED) is 0.780. The van der Waals surface area contributed by atoms with Gasteiger partial charge in [0.1, 0.15) is 0 Å². The summed E-state index contributed by atoms with van der Waals surface area (Å²) in [5.74, 6) is 0. The van der Waals surface area contributed by atoms with E-state index >= 15 is 0 Å². The highest BCUT2D eigenvalue weighted by Gasteiger charge is 2.36. The van der Waals surface area contributed by atoms with Gasteiger partial charge in [-0.05, 0) is 37.5 Å². The Morgan fingerprint density at radius 3 is 2.29 bits per heavy atom. The van der Waals surface area contributed by atoms with E-state index in [0.717, 1.165) is 43.5 Å². The maximum absolute atomic E-state index is 12.5. The normalized spacial score (nSPS) is 22.7. The van der Waals surface area contributed by atoms with Crippen molar-refractivity contribution in [3.05, 3.63) is 65.7 Å². The van der Waals surface area contributed by atoms with Crippen molar-refractivity contribution in [2.45, 2.75) is 62.6 Å². The summed E-state index contributed by atoms with van der Waals surface area (Å²) in [6.07, 6.45) is 5.20. The van der Waals surface area contributed by atoms with Gasteiger partial charge in [-0.2, -0.15) is 13.5 Å². The molecule has 2 aliphatic rings. The van der Waals surface area contributed by atoms with Gasteiger partial charge in [0.25, 0.3) is 10.0 Å². The molecule has 2 aromatic rings. The van der Waals surface area contributed by atoms with Gasteiger partial charge in [0, 0.05) is 37.2 Å². The van der Waals surface area contributed by atoms with Gasteiger partial charge in [0.05, 0.1) is 4.90 Å². The summed E-state index contributed by atoms with van der Waals surface area (Å²) in [5, 5.41) is 4.33. The zero-order valence-corrected chi connectivity index (χ0v) is 17.0. The molecule has 2 aliphatic heterocycles. The first-order valence-electron chi connectivity index (χ1n) is 9.95. The molecule has 2 saturated heterocycles. The minimum Gasteiger partial charge on any atom is -0.292 e. The number of nitrogens with zero attached hydrogens (tertiary/aromatic N) is 2. The highest BCUT2D eigenvalue weighted by Crippen LogP contribution is 2.34. The van der Waals surface area contributed by atoms with E-state index in [2.05, 4.69) is 39.1 Å². The summed E-state index contributed by atoms with van der Waals surface area (Å²) in [4.78, 5) is 5.30. The summed E-state index contributed by atoms with van der Waals surface area (Å²) < 4.78 is 25.0. The molecule has 0 spiro atoms. The lowest BCUT2D eigenvalue weighted by Crippen LogP contribution is -2.52. The van der Waals surface area contributed by atoms with E-state index in [0.29, 0.717) is 12.1 Å². The second-order valence-corrected chi connectivity index (χ2v) is 9.55. The lowest BCUT2D eigenvalue weighted by molar-refractivity contribution is 0.0683. The Hall–Kier alpha value is -2.18. The van der Waals surface area contributed by atoms with Crippen molar-refractivity contribution >= 4 is 15.7 Å². The van der Waals surface area contributed by atoms with E-state index in [1.165, 1.54) is 12.0 Å². The van der Waals surface area contributed by atoms with Crippen LogP contribution in [0.2, 0.25) is 0 Å². The van der Waals surface area contributed by atoms with Crippen LogP contribution in [0.15, 0.2) is 64.6 Å². The van der Waals surface area contributed by atoms with Crippen molar-refractivity contribution < 1.29 is 8.42 Å². The van der Waals surface area contributed by atoms with Crippen LogP contribution in [0.25, 0.3) is 0 Å². The Labute approximate surface area is 167 Å². The van der Waals surface area contributed by atoms with E-state index < -0.39 is 10.0 Å². The first-order chi connectivity index (χ1) is 13.5. The molecule has 148 valence electrons. The van der Waals surface area contributed by atoms with Crippen molar-refractivity contribution in [2.75, 3.05) is 0 Å². The van der Waals surface area contributed by atoms with Gasteiger partial charge in [0.2, 0.25) is 0 Å². The molecule has 0 radical (unpaired) electrons.